The third-order valence-corrected chi connectivity index (χ3v) is 1.73. The number of alkyl halides is 3. The molecule has 0 atom stereocenters. The lowest BCUT2D eigenvalue weighted by atomic mass is 10.0. The van der Waals surface area contributed by atoms with Crippen LogP contribution < -0.4 is 0 Å². The number of carbonyl (C=O) groups excluding carboxylic acids is 1. The Labute approximate surface area is 78.9 Å². The smallest absolute Gasteiger partial charge is 0.234 e. The third kappa shape index (κ3) is 2.47. The lowest BCUT2D eigenvalue weighted by molar-refractivity contribution is -0.138. The molecule has 0 heterocycles. The summed E-state index contributed by atoms with van der Waals surface area (Å²) in [5.74, 6) is 1.45. The van der Waals surface area contributed by atoms with Gasteiger partial charge in [0.1, 0.15) is 5.94 Å². The van der Waals surface area contributed by atoms with Gasteiger partial charge in [0, 0.05) is 12.5 Å². The van der Waals surface area contributed by atoms with E-state index >= 15 is 0 Å². The molecule has 0 unspecified atom stereocenters. The highest BCUT2D eigenvalue weighted by Gasteiger charge is 2.32. The van der Waals surface area contributed by atoms with Crippen LogP contribution in [0, 0.1) is 0 Å². The first kappa shape index (κ1) is 10.5. The fourth-order valence-corrected chi connectivity index (χ4v) is 1.13. The van der Waals surface area contributed by atoms with Crippen LogP contribution in [0.5, 0.6) is 0 Å². The monoisotopic (exact) mass is 200 g/mol. The number of rotatable bonds is 2. The second kappa shape index (κ2) is 4.11. The number of hydrogen-bond acceptors (Lipinski definition) is 1. The fraction of sp³-hybridized carbons (Fsp3) is 0.200. The van der Waals surface area contributed by atoms with Gasteiger partial charge in [0.2, 0.25) is 0 Å². The largest absolute Gasteiger partial charge is 0.416 e. The van der Waals surface area contributed by atoms with Crippen molar-refractivity contribution in [2.75, 3.05) is 0 Å². The summed E-state index contributed by atoms with van der Waals surface area (Å²) in [6.45, 7) is 0. The highest BCUT2D eigenvalue weighted by atomic mass is 19.4. The Balaban J connectivity index is 3.09. The van der Waals surface area contributed by atoms with E-state index in [9.17, 15) is 18.0 Å². The van der Waals surface area contributed by atoms with Crippen molar-refractivity contribution in [2.45, 2.75) is 12.6 Å². The maximum Gasteiger partial charge on any atom is 0.416 e. The van der Waals surface area contributed by atoms with Crippen molar-refractivity contribution in [3.8, 4) is 0 Å². The zero-order valence-corrected chi connectivity index (χ0v) is 7.14. The first-order valence-corrected chi connectivity index (χ1v) is 3.90. The van der Waals surface area contributed by atoms with Crippen LogP contribution in [0.25, 0.3) is 0 Å². The number of benzene rings is 1. The molecule has 0 saturated carbocycles. The van der Waals surface area contributed by atoms with Gasteiger partial charge in [0.05, 0.1) is 5.56 Å². The van der Waals surface area contributed by atoms with Gasteiger partial charge >= 0.3 is 6.18 Å². The van der Waals surface area contributed by atoms with Crippen molar-refractivity contribution in [3.05, 3.63) is 41.5 Å². The van der Waals surface area contributed by atoms with E-state index in [2.05, 4.69) is 0 Å². The van der Waals surface area contributed by atoms with Gasteiger partial charge in [-0.1, -0.05) is 18.2 Å². The predicted molar refractivity (Wildman–Crippen MR) is 45.4 cm³/mol. The van der Waals surface area contributed by atoms with E-state index in [4.69, 9.17) is 0 Å². The molecule has 0 saturated heterocycles. The summed E-state index contributed by atoms with van der Waals surface area (Å²) < 4.78 is 37.1. The molecule has 0 amide bonds. The van der Waals surface area contributed by atoms with E-state index in [1.54, 1.807) is 0 Å². The first-order valence-electron chi connectivity index (χ1n) is 3.90. The number of hydrogen-bond donors (Lipinski definition) is 0. The summed E-state index contributed by atoms with van der Waals surface area (Å²) in [6, 6.07) is 5.16. The highest BCUT2D eigenvalue weighted by Crippen LogP contribution is 2.31. The Morgan fingerprint density at radius 2 is 1.93 bits per heavy atom. The van der Waals surface area contributed by atoms with Gasteiger partial charge in [-0.05, 0) is 11.6 Å². The van der Waals surface area contributed by atoms with Gasteiger partial charge in [-0.3, -0.25) is 0 Å². The van der Waals surface area contributed by atoms with Crippen LogP contribution in [0.4, 0.5) is 13.2 Å². The van der Waals surface area contributed by atoms with Crippen LogP contribution in [0.15, 0.2) is 30.3 Å². The molecular weight excluding hydrogens is 193 g/mol. The fourth-order valence-electron chi connectivity index (χ4n) is 1.13. The summed E-state index contributed by atoms with van der Waals surface area (Å²) in [4.78, 5) is 9.88. The van der Waals surface area contributed by atoms with Gasteiger partial charge in [0.15, 0.2) is 0 Å². The summed E-state index contributed by atoms with van der Waals surface area (Å²) >= 11 is 0. The minimum Gasteiger partial charge on any atom is -0.234 e. The Bertz CT molecular complexity index is 362. The van der Waals surface area contributed by atoms with Crippen LogP contribution >= 0.6 is 0 Å². The molecule has 0 aliphatic rings. The minimum atomic E-state index is -4.37. The SMILES string of the molecule is O=C=CCc1ccccc1C(F)(F)F. The van der Waals surface area contributed by atoms with E-state index in [0.717, 1.165) is 12.1 Å². The second-order valence-corrected chi connectivity index (χ2v) is 2.68. The van der Waals surface area contributed by atoms with Crippen LogP contribution in [0.1, 0.15) is 11.1 Å². The predicted octanol–water partition coefficient (Wildman–Crippen LogP) is 2.64. The lowest BCUT2D eigenvalue weighted by Crippen LogP contribution is -2.08. The number of halogens is 3. The molecule has 0 bridgehead atoms. The maximum absolute atomic E-state index is 12.4. The summed E-state index contributed by atoms with van der Waals surface area (Å²) in [5, 5.41) is 0. The van der Waals surface area contributed by atoms with Crippen molar-refractivity contribution in [2.24, 2.45) is 0 Å². The van der Waals surface area contributed by atoms with E-state index in [0.29, 0.717) is 0 Å². The summed E-state index contributed by atoms with van der Waals surface area (Å²) in [5.41, 5.74) is -0.616. The van der Waals surface area contributed by atoms with Crippen LogP contribution in [-0.4, -0.2) is 5.94 Å². The highest BCUT2D eigenvalue weighted by molar-refractivity contribution is 5.47. The molecule has 1 aromatic rings. The van der Waals surface area contributed by atoms with Crippen LogP contribution in [-0.2, 0) is 17.4 Å². The van der Waals surface area contributed by atoms with Crippen molar-refractivity contribution in [1.29, 1.82) is 0 Å². The van der Waals surface area contributed by atoms with Gasteiger partial charge in [0.25, 0.3) is 0 Å². The molecule has 4 heteroatoms. The zero-order chi connectivity index (χ0) is 10.6. The Hall–Kier alpha value is -1.54. The van der Waals surface area contributed by atoms with Crippen molar-refractivity contribution in [1.82, 2.24) is 0 Å². The standard InChI is InChI=1S/C10H7F3O/c11-10(12,13)9-6-2-1-4-8(9)5-3-7-14/h1-4,6H,5H2. The Kier molecular flexibility index (Phi) is 3.10. The quantitative estimate of drug-likeness (QED) is 0.670. The van der Waals surface area contributed by atoms with Gasteiger partial charge < -0.3 is 0 Å². The first-order chi connectivity index (χ1) is 6.55. The molecule has 0 aliphatic heterocycles. The maximum atomic E-state index is 12.4. The lowest BCUT2D eigenvalue weighted by Gasteiger charge is -2.10. The van der Waals surface area contributed by atoms with Crippen molar-refractivity contribution < 1.29 is 18.0 Å². The zero-order valence-electron chi connectivity index (χ0n) is 7.14. The average Bonchev–Trinajstić information content (AvgIpc) is 2.14. The topological polar surface area (TPSA) is 17.1 Å². The van der Waals surface area contributed by atoms with E-state index in [-0.39, 0.29) is 12.0 Å². The molecule has 1 rings (SSSR count). The normalized spacial score (nSPS) is 10.8. The van der Waals surface area contributed by atoms with Crippen molar-refractivity contribution >= 4 is 5.94 Å². The van der Waals surface area contributed by atoms with Crippen molar-refractivity contribution in [3.63, 3.8) is 0 Å². The molecule has 0 N–H and O–H groups in total. The molecule has 0 aliphatic carbocycles. The molecular formula is C10H7F3O. The molecule has 0 radical (unpaired) electrons. The molecule has 14 heavy (non-hydrogen) atoms. The summed E-state index contributed by atoms with van der Waals surface area (Å²) in [6.07, 6.45) is -3.38. The molecule has 1 aromatic carbocycles. The Morgan fingerprint density at radius 1 is 1.29 bits per heavy atom. The molecule has 1 nitrogen and oxygen atoms in total. The third-order valence-electron chi connectivity index (χ3n) is 1.73. The molecule has 0 fully saturated rings. The number of allylic oxidation sites excluding steroid dienone is 1. The van der Waals surface area contributed by atoms with Gasteiger partial charge in [-0.25, -0.2) is 4.79 Å². The van der Waals surface area contributed by atoms with E-state index < -0.39 is 11.7 Å². The van der Waals surface area contributed by atoms with E-state index in [1.807, 2.05) is 0 Å². The summed E-state index contributed by atoms with van der Waals surface area (Å²) in [7, 11) is 0. The average molecular weight is 200 g/mol. The Morgan fingerprint density at radius 3 is 2.50 bits per heavy atom. The van der Waals surface area contributed by atoms with Crippen LogP contribution in [0.2, 0.25) is 0 Å². The van der Waals surface area contributed by atoms with Gasteiger partial charge in [-0.2, -0.15) is 13.2 Å². The minimum absolute atomic E-state index is 0.0425. The molecule has 74 valence electrons. The second-order valence-electron chi connectivity index (χ2n) is 2.68. The molecule has 0 spiro atoms. The van der Waals surface area contributed by atoms with Gasteiger partial charge in [-0.15, -0.1) is 0 Å². The molecule has 0 aromatic heterocycles. The van der Waals surface area contributed by atoms with E-state index in [1.165, 1.54) is 24.1 Å². The van der Waals surface area contributed by atoms with Crippen LogP contribution in [0.3, 0.4) is 0 Å².